The maximum atomic E-state index is 12.3. The maximum Gasteiger partial charge on any atom is 0.312 e. The number of methoxy groups -OCH3 is 1. The van der Waals surface area contributed by atoms with Crippen molar-refractivity contribution in [3.05, 3.63) is 75.8 Å². The van der Waals surface area contributed by atoms with Gasteiger partial charge in [0.1, 0.15) is 6.23 Å². The van der Waals surface area contributed by atoms with Gasteiger partial charge >= 0.3 is 5.97 Å². The zero-order valence-electron chi connectivity index (χ0n) is 16.0. The summed E-state index contributed by atoms with van der Waals surface area (Å²) >= 11 is 0. The van der Waals surface area contributed by atoms with E-state index in [1.165, 1.54) is 19.2 Å². The van der Waals surface area contributed by atoms with Crippen LogP contribution in [-0.4, -0.2) is 35.6 Å². The molecule has 3 atom stereocenters. The van der Waals surface area contributed by atoms with Gasteiger partial charge in [-0.05, 0) is 29.7 Å². The Balaban J connectivity index is 1.91. The lowest BCUT2D eigenvalue weighted by Crippen LogP contribution is -2.49. The van der Waals surface area contributed by atoms with Crippen LogP contribution >= 0.6 is 0 Å². The molecule has 0 spiro atoms. The molecule has 0 bridgehead atoms. The lowest BCUT2D eigenvalue weighted by molar-refractivity contribution is -0.384. The molecule has 28 heavy (non-hydrogen) atoms. The smallest absolute Gasteiger partial charge is 0.312 e. The molecule has 1 aliphatic heterocycles. The van der Waals surface area contributed by atoms with E-state index >= 15 is 0 Å². The molecule has 1 aliphatic rings. The summed E-state index contributed by atoms with van der Waals surface area (Å²) in [6.07, 6.45) is -0.00544. The van der Waals surface area contributed by atoms with Crippen molar-refractivity contribution in [2.24, 2.45) is 5.92 Å². The number of esters is 1. The van der Waals surface area contributed by atoms with Crippen molar-refractivity contribution in [3.8, 4) is 0 Å². The highest BCUT2D eigenvalue weighted by molar-refractivity contribution is 5.73. The second-order valence-electron chi connectivity index (χ2n) is 6.83. The first-order valence-corrected chi connectivity index (χ1v) is 9.29. The summed E-state index contributed by atoms with van der Waals surface area (Å²) in [7, 11) is 1.39. The number of nitro benzene ring substituents is 1. The van der Waals surface area contributed by atoms with E-state index in [0.717, 1.165) is 11.1 Å². The van der Waals surface area contributed by atoms with Crippen LogP contribution in [0.4, 0.5) is 5.69 Å². The van der Waals surface area contributed by atoms with Gasteiger partial charge in [-0.15, -0.1) is 0 Å². The molecule has 0 saturated carbocycles. The fourth-order valence-corrected chi connectivity index (χ4v) is 3.59. The van der Waals surface area contributed by atoms with E-state index in [4.69, 9.17) is 9.47 Å². The number of nitrogens with zero attached hydrogens (tertiary/aromatic N) is 2. The Morgan fingerprint density at radius 1 is 1.21 bits per heavy atom. The van der Waals surface area contributed by atoms with Gasteiger partial charge in [-0.1, -0.05) is 37.3 Å². The van der Waals surface area contributed by atoms with Crippen LogP contribution < -0.4 is 0 Å². The van der Waals surface area contributed by atoms with Crippen molar-refractivity contribution in [2.45, 2.75) is 32.2 Å². The molecule has 0 radical (unpaired) electrons. The third-order valence-corrected chi connectivity index (χ3v) is 5.04. The van der Waals surface area contributed by atoms with Gasteiger partial charge in [0.05, 0.1) is 24.1 Å². The summed E-state index contributed by atoms with van der Waals surface area (Å²) in [5.41, 5.74) is 1.95. The van der Waals surface area contributed by atoms with E-state index < -0.39 is 11.2 Å². The summed E-state index contributed by atoms with van der Waals surface area (Å²) in [4.78, 5) is 24.9. The number of hydrogen-bond donors (Lipinski definition) is 0. The first kappa shape index (κ1) is 20.0. The first-order valence-electron chi connectivity index (χ1n) is 9.29. The van der Waals surface area contributed by atoms with Crippen LogP contribution in [0.5, 0.6) is 0 Å². The number of carbonyl (C=O) groups is 1. The lowest BCUT2D eigenvalue weighted by atomic mass is 9.95. The van der Waals surface area contributed by atoms with Crippen LogP contribution in [0.25, 0.3) is 0 Å². The van der Waals surface area contributed by atoms with E-state index in [0.29, 0.717) is 19.5 Å². The molecule has 3 rings (SSSR count). The third kappa shape index (κ3) is 4.37. The summed E-state index contributed by atoms with van der Waals surface area (Å²) in [6.45, 7) is 3.05. The minimum Gasteiger partial charge on any atom is -0.469 e. The summed E-state index contributed by atoms with van der Waals surface area (Å²) in [5.74, 6) is -0.667. The number of hydrogen-bond acceptors (Lipinski definition) is 6. The Kier molecular flexibility index (Phi) is 6.38. The molecule has 0 aromatic heterocycles. The molecule has 7 heteroatoms. The molecule has 148 valence electrons. The fourth-order valence-electron chi connectivity index (χ4n) is 3.59. The molecule has 0 aliphatic carbocycles. The normalized spacial score (nSPS) is 22.6. The molecule has 1 saturated heterocycles. The molecule has 0 N–H and O–H groups in total. The number of carbonyl (C=O) groups excluding carboxylic acids is 1. The van der Waals surface area contributed by atoms with Crippen LogP contribution in [0, 0.1) is 16.0 Å². The first-order chi connectivity index (χ1) is 13.5. The number of nitro groups is 1. The summed E-state index contributed by atoms with van der Waals surface area (Å²) < 4.78 is 11.3. The highest BCUT2D eigenvalue weighted by Gasteiger charge is 2.40. The van der Waals surface area contributed by atoms with E-state index in [-0.39, 0.29) is 23.7 Å². The van der Waals surface area contributed by atoms with Crippen molar-refractivity contribution >= 4 is 11.7 Å². The Morgan fingerprint density at radius 3 is 2.46 bits per heavy atom. The average molecular weight is 384 g/mol. The van der Waals surface area contributed by atoms with Crippen LogP contribution in [0.15, 0.2) is 54.6 Å². The highest BCUT2D eigenvalue weighted by atomic mass is 16.6. The minimum atomic E-state index is -0.421. The fraction of sp³-hybridized carbons (Fsp3) is 0.381. The van der Waals surface area contributed by atoms with Gasteiger partial charge in [-0.2, -0.15) is 0 Å². The van der Waals surface area contributed by atoms with Gasteiger partial charge in [0.15, 0.2) is 0 Å². The van der Waals surface area contributed by atoms with Crippen molar-refractivity contribution in [1.82, 2.24) is 4.90 Å². The molecule has 2 aromatic carbocycles. The number of non-ortho nitro benzene ring substituents is 1. The average Bonchev–Trinajstić information content (AvgIpc) is 2.73. The molecular weight excluding hydrogens is 360 g/mol. The quantitative estimate of drug-likeness (QED) is 0.429. The second-order valence-corrected chi connectivity index (χ2v) is 6.83. The summed E-state index contributed by atoms with van der Waals surface area (Å²) in [5, 5.41) is 11.0. The monoisotopic (exact) mass is 384 g/mol. The Labute approximate surface area is 164 Å². The van der Waals surface area contributed by atoms with E-state index in [1.54, 1.807) is 12.1 Å². The second kappa shape index (κ2) is 8.95. The van der Waals surface area contributed by atoms with Gasteiger partial charge < -0.3 is 9.47 Å². The SMILES string of the molecule is CC[C@@H]1OC(c2ccc([N+](=O)[O-])cc2)N(Cc2ccccc2)C[C@@H]1C(=O)OC. The molecule has 1 unspecified atom stereocenters. The molecule has 1 fully saturated rings. The lowest BCUT2D eigenvalue weighted by Gasteiger charge is -2.43. The Hall–Kier alpha value is -2.77. The Morgan fingerprint density at radius 2 is 1.89 bits per heavy atom. The van der Waals surface area contributed by atoms with Gasteiger partial charge in [0.25, 0.3) is 5.69 Å². The Bertz CT molecular complexity index is 809. The van der Waals surface area contributed by atoms with Crippen LogP contribution in [0.3, 0.4) is 0 Å². The number of benzene rings is 2. The molecular formula is C21H24N2O5. The number of rotatable bonds is 6. The van der Waals surface area contributed by atoms with Gasteiger partial charge in [0.2, 0.25) is 0 Å². The standard InChI is InChI=1S/C21H24N2O5/c1-3-19-18(21(24)27-2)14-22(13-15-7-5-4-6-8-15)20(28-19)16-9-11-17(12-10-16)23(25)26/h4-12,18-20H,3,13-14H2,1-2H3/t18-,19-,20?/m0/s1. The predicted molar refractivity (Wildman–Crippen MR) is 103 cm³/mol. The van der Waals surface area contributed by atoms with Crippen molar-refractivity contribution in [2.75, 3.05) is 13.7 Å². The largest absolute Gasteiger partial charge is 0.469 e. The highest BCUT2D eigenvalue weighted by Crippen LogP contribution is 2.35. The van der Waals surface area contributed by atoms with Gasteiger partial charge in [-0.3, -0.25) is 19.8 Å². The van der Waals surface area contributed by atoms with Crippen LogP contribution in [0.2, 0.25) is 0 Å². The molecule has 7 nitrogen and oxygen atoms in total. The third-order valence-electron chi connectivity index (χ3n) is 5.04. The maximum absolute atomic E-state index is 12.3. The zero-order valence-corrected chi connectivity index (χ0v) is 16.0. The zero-order chi connectivity index (χ0) is 20.1. The van der Waals surface area contributed by atoms with E-state index in [1.807, 2.05) is 37.3 Å². The number of ether oxygens (including phenoxy) is 2. The van der Waals surface area contributed by atoms with Gasteiger partial charge in [-0.25, -0.2) is 0 Å². The summed E-state index contributed by atoms with van der Waals surface area (Å²) in [6, 6.07) is 16.3. The van der Waals surface area contributed by atoms with Crippen molar-refractivity contribution in [3.63, 3.8) is 0 Å². The topological polar surface area (TPSA) is 81.9 Å². The molecule has 2 aromatic rings. The van der Waals surface area contributed by atoms with E-state index in [2.05, 4.69) is 4.90 Å². The minimum absolute atomic E-state index is 0.0358. The predicted octanol–water partition coefficient (Wildman–Crippen LogP) is 3.69. The van der Waals surface area contributed by atoms with Crippen LogP contribution in [0.1, 0.15) is 30.7 Å². The molecule has 0 amide bonds. The van der Waals surface area contributed by atoms with Crippen molar-refractivity contribution in [1.29, 1.82) is 0 Å². The molecule has 1 heterocycles. The van der Waals surface area contributed by atoms with Crippen molar-refractivity contribution < 1.29 is 19.2 Å². The van der Waals surface area contributed by atoms with Crippen LogP contribution in [-0.2, 0) is 20.8 Å². The van der Waals surface area contributed by atoms with Gasteiger partial charge in [0, 0.05) is 25.2 Å². The van der Waals surface area contributed by atoms with E-state index in [9.17, 15) is 14.9 Å².